The number of hydrogen-bond acceptors (Lipinski definition) is 2. The van der Waals surface area contributed by atoms with Crippen molar-refractivity contribution in [2.24, 2.45) is 0 Å². The number of nitrogens with zero attached hydrogens (tertiary/aromatic N) is 2. The topological polar surface area (TPSA) is 27.0 Å². The molecule has 0 heterocycles. The monoisotopic (exact) mass is 286 g/mol. The van der Waals surface area contributed by atoms with E-state index in [1.165, 1.54) is 18.2 Å². The lowest BCUT2D eigenvalue weighted by Gasteiger charge is -2.25. The second kappa shape index (κ2) is 6.47. The van der Waals surface area contributed by atoms with Crippen molar-refractivity contribution in [2.45, 2.75) is 19.5 Å². The van der Waals surface area contributed by atoms with Gasteiger partial charge in [0.2, 0.25) is 0 Å². The standard InChI is InChI=1S/C17H16F2N2/c1-12(16-5-3-4-6-17(16)19)21(2)11-14-7-13(10-20)8-15(18)9-14/h3-9,12H,11H2,1-2H3. The van der Waals surface area contributed by atoms with E-state index in [4.69, 9.17) is 5.26 Å². The molecule has 0 saturated heterocycles. The predicted molar refractivity (Wildman–Crippen MR) is 77.4 cm³/mol. The molecule has 0 aliphatic carbocycles. The lowest BCUT2D eigenvalue weighted by molar-refractivity contribution is 0.247. The molecular formula is C17H16F2N2. The van der Waals surface area contributed by atoms with Crippen LogP contribution >= 0.6 is 0 Å². The number of rotatable bonds is 4. The minimum Gasteiger partial charge on any atom is -0.295 e. The third-order valence-electron chi connectivity index (χ3n) is 3.54. The zero-order valence-electron chi connectivity index (χ0n) is 12.0. The van der Waals surface area contributed by atoms with Gasteiger partial charge in [-0.1, -0.05) is 18.2 Å². The minimum atomic E-state index is -0.434. The second-order valence-corrected chi connectivity index (χ2v) is 5.07. The lowest BCUT2D eigenvalue weighted by atomic mass is 10.1. The highest BCUT2D eigenvalue weighted by atomic mass is 19.1. The molecule has 2 aromatic rings. The fourth-order valence-electron chi connectivity index (χ4n) is 2.28. The molecule has 21 heavy (non-hydrogen) atoms. The van der Waals surface area contributed by atoms with Crippen LogP contribution in [0.2, 0.25) is 0 Å². The summed E-state index contributed by atoms with van der Waals surface area (Å²) in [5.74, 6) is -0.690. The van der Waals surface area contributed by atoms with E-state index in [1.54, 1.807) is 24.3 Å². The molecule has 0 radical (unpaired) electrons. The molecule has 0 aromatic heterocycles. The van der Waals surface area contributed by atoms with Crippen molar-refractivity contribution in [3.05, 3.63) is 70.8 Å². The van der Waals surface area contributed by atoms with Crippen LogP contribution < -0.4 is 0 Å². The van der Waals surface area contributed by atoms with Crippen molar-refractivity contribution in [3.8, 4) is 6.07 Å². The normalized spacial score (nSPS) is 12.2. The quantitative estimate of drug-likeness (QED) is 0.848. The summed E-state index contributed by atoms with van der Waals surface area (Å²) >= 11 is 0. The van der Waals surface area contributed by atoms with Crippen LogP contribution in [-0.4, -0.2) is 11.9 Å². The summed E-state index contributed by atoms with van der Waals surface area (Å²) in [4.78, 5) is 1.91. The smallest absolute Gasteiger partial charge is 0.127 e. The summed E-state index contributed by atoms with van der Waals surface area (Å²) in [6.07, 6.45) is 0. The average molecular weight is 286 g/mol. The van der Waals surface area contributed by atoms with Crippen LogP contribution in [0.25, 0.3) is 0 Å². The Labute approximate surface area is 123 Å². The average Bonchev–Trinajstić information content (AvgIpc) is 2.46. The molecule has 2 aromatic carbocycles. The van der Waals surface area contributed by atoms with Gasteiger partial charge in [0.15, 0.2) is 0 Å². The van der Waals surface area contributed by atoms with E-state index in [0.29, 0.717) is 17.7 Å². The maximum absolute atomic E-state index is 13.8. The Morgan fingerprint density at radius 1 is 1.19 bits per heavy atom. The Hall–Kier alpha value is -2.25. The third-order valence-corrected chi connectivity index (χ3v) is 3.54. The summed E-state index contributed by atoms with van der Waals surface area (Å²) in [7, 11) is 1.84. The molecule has 0 saturated carbocycles. The van der Waals surface area contributed by atoms with Gasteiger partial charge in [-0.25, -0.2) is 8.78 Å². The molecule has 0 bridgehead atoms. The van der Waals surface area contributed by atoms with E-state index < -0.39 is 5.82 Å². The summed E-state index contributed by atoms with van der Waals surface area (Å²) in [6.45, 7) is 2.32. The summed E-state index contributed by atoms with van der Waals surface area (Å²) in [6, 6.07) is 12.6. The van der Waals surface area contributed by atoms with Gasteiger partial charge in [-0.05, 0) is 43.8 Å². The van der Waals surface area contributed by atoms with E-state index >= 15 is 0 Å². The summed E-state index contributed by atoms with van der Waals surface area (Å²) < 4.78 is 27.2. The van der Waals surface area contributed by atoms with Gasteiger partial charge >= 0.3 is 0 Å². The predicted octanol–water partition coefficient (Wildman–Crippen LogP) is 4.03. The molecule has 4 heteroatoms. The molecule has 0 N–H and O–H groups in total. The second-order valence-electron chi connectivity index (χ2n) is 5.07. The van der Waals surface area contributed by atoms with Crippen molar-refractivity contribution in [2.75, 3.05) is 7.05 Å². The molecule has 1 atom stereocenters. The fraction of sp³-hybridized carbons (Fsp3) is 0.235. The SMILES string of the molecule is CC(c1ccccc1F)N(C)Cc1cc(F)cc(C#N)c1. The van der Waals surface area contributed by atoms with Crippen molar-refractivity contribution in [1.82, 2.24) is 4.90 Å². The number of nitriles is 1. The van der Waals surface area contributed by atoms with Crippen molar-refractivity contribution in [3.63, 3.8) is 0 Å². The van der Waals surface area contributed by atoms with Crippen LogP contribution in [0.4, 0.5) is 8.78 Å². The van der Waals surface area contributed by atoms with Crippen LogP contribution in [-0.2, 0) is 6.54 Å². The molecule has 2 nitrogen and oxygen atoms in total. The highest BCUT2D eigenvalue weighted by Gasteiger charge is 2.15. The first kappa shape index (κ1) is 15.1. The zero-order valence-corrected chi connectivity index (χ0v) is 12.0. The van der Waals surface area contributed by atoms with Crippen molar-refractivity contribution < 1.29 is 8.78 Å². The van der Waals surface area contributed by atoms with Gasteiger partial charge in [0.05, 0.1) is 11.6 Å². The van der Waals surface area contributed by atoms with Crippen LogP contribution in [0, 0.1) is 23.0 Å². The first-order chi connectivity index (χ1) is 10.0. The highest BCUT2D eigenvalue weighted by molar-refractivity contribution is 5.33. The maximum Gasteiger partial charge on any atom is 0.127 e. The minimum absolute atomic E-state index is 0.153. The molecule has 1 unspecified atom stereocenters. The van der Waals surface area contributed by atoms with Crippen molar-refractivity contribution >= 4 is 0 Å². The number of hydrogen-bond donors (Lipinski definition) is 0. The Morgan fingerprint density at radius 2 is 1.90 bits per heavy atom. The summed E-state index contributed by atoms with van der Waals surface area (Å²) in [5, 5.41) is 8.86. The lowest BCUT2D eigenvalue weighted by Crippen LogP contribution is -2.22. The molecule has 2 rings (SSSR count). The van der Waals surface area contributed by atoms with E-state index in [-0.39, 0.29) is 17.4 Å². The van der Waals surface area contributed by atoms with Crippen LogP contribution in [0.1, 0.15) is 29.7 Å². The Kier molecular flexibility index (Phi) is 4.66. The van der Waals surface area contributed by atoms with Gasteiger partial charge in [-0.15, -0.1) is 0 Å². The van der Waals surface area contributed by atoms with E-state index in [2.05, 4.69) is 0 Å². The van der Waals surface area contributed by atoms with Gasteiger partial charge in [0.25, 0.3) is 0 Å². The van der Waals surface area contributed by atoms with Gasteiger partial charge in [0.1, 0.15) is 11.6 Å². The molecular weight excluding hydrogens is 270 g/mol. The van der Waals surface area contributed by atoms with Crippen LogP contribution in [0.15, 0.2) is 42.5 Å². The van der Waals surface area contributed by atoms with Gasteiger partial charge < -0.3 is 0 Å². The van der Waals surface area contributed by atoms with E-state index in [1.807, 2.05) is 24.9 Å². The third kappa shape index (κ3) is 3.65. The molecule has 0 spiro atoms. The largest absolute Gasteiger partial charge is 0.295 e. The molecule has 0 aliphatic rings. The maximum atomic E-state index is 13.8. The highest BCUT2D eigenvalue weighted by Crippen LogP contribution is 2.23. The first-order valence-electron chi connectivity index (χ1n) is 6.65. The zero-order chi connectivity index (χ0) is 15.4. The van der Waals surface area contributed by atoms with E-state index in [9.17, 15) is 8.78 Å². The Bertz CT molecular complexity index is 677. The first-order valence-corrected chi connectivity index (χ1v) is 6.65. The Balaban J connectivity index is 2.18. The van der Waals surface area contributed by atoms with Gasteiger partial charge in [-0.3, -0.25) is 4.90 Å². The van der Waals surface area contributed by atoms with Crippen LogP contribution in [0.3, 0.4) is 0 Å². The molecule has 0 aliphatic heterocycles. The number of benzene rings is 2. The van der Waals surface area contributed by atoms with Crippen LogP contribution in [0.5, 0.6) is 0 Å². The summed E-state index contributed by atoms with van der Waals surface area (Å²) in [5.41, 5.74) is 1.58. The van der Waals surface area contributed by atoms with E-state index in [0.717, 1.165) is 0 Å². The Morgan fingerprint density at radius 3 is 2.57 bits per heavy atom. The van der Waals surface area contributed by atoms with Gasteiger partial charge in [-0.2, -0.15) is 5.26 Å². The molecule has 0 amide bonds. The van der Waals surface area contributed by atoms with Gasteiger partial charge in [0, 0.05) is 18.2 Å². The van der Waals surface area contributed by atoms with Crippen molar-refractivity contribution in [1.29, 1.82) is 5.26 Å². The number of halogens is 2. The molecule has 108 valence electrons. The fourth-order valence-corrected chi connectivity index (χ4v) is 2.28. The molecule has 0 fully saturated rings.